The van der Waals surface area contributed by atoms with Crippen LogP contribution in [-0.2, 0) is 0 Å². The van der Waals surface area contributed by atoms with E-state index in [1.54, 1.807) is 0 Å². The Kier molecular flexibility index (Phi) is 4.42. The molecule has 0 saturated heterocycles. The first-order chi connectivity index (χ1) is 6.29. The molecule has 1 atom stereocenters. The Morgan fingerprint density at radius 1 is 1.46 bits per heavy atom. The lowest BCUT2D eigenvalue weighted by Gasteiger charge is -2.15. The molecule has 1 aromatic carbocycles. The van der Waals surface area contributed by atoms with Gasteiger partial charge in [0.25, 0.3) is 0 Å². The number of likely N-dealkylation sites (N-methyl/N-ethyl adjacent to an activating group) is 1. The molecule has 0 radical (unpaired) electrons. The van der Waals surface area contributed by atoms with Crippen LogP contribution in [0.5, 0.6) is 0 Å². The van der Waals surface area contributed by atoms with Crippen molar-refractivity contribution in [2.45, 2.75) is 5.92 Å². The second kappa shape index (κ2) is 5.37. The third-order valence-electron chi connectivity index (χ3n) is 2.02. The van der Waals surface area contributed by atoms with Crippen molar-refractivity contribution in [1.82, 2.24) is 5.32 Å². The molecule has 0 fully saturated rings. The minimum Gasteiger partial charge on any atom is -0.396 e. The van der Waals surface area contributed by atoms with Gasteiger partial charge in [0.2, 0.25) is 0 Å². The van der Waals surface area contributed by atoms with E-state index in [0.29, 0.717) is 0 Å². The zero-order valence-corrected chi connectivity index (χ0v) is 9.21. The van der Waals surface area contributed by atoms with E-state index in [2.05, 4.69) is 21.2 Å². The SMILES string of the molecule is CNCC(CO)c1ccccc1Br. The Morgan fingerprint density at radius 3 is 2.69 bits per heavy atom. The Bertz CT molecular complexity index is 265. The van der Waals surface area contributed by atoms with Gasteiger partial charge in [0.15, 0.2) is 0 Å². The van der Waals surface area contributed by atoms with E-state index >= 15 is 0 Å². The van der Waals surface area contributed by atoms with Gasteiger partial charge < -0.3 is 10.4 Å². The Labute approximate surface area is 87.1 Å². The summed E-state index contributed by atoms with van der Waals surface area (Å²) in [6, 6.07) is 7.98. The summed E-state index contributed by atoms with van der Waals surface area (Å²) in [4.78, 5) is 0. The highest BCUT2D eigenvalue weighted by atomic mass is 79.9. The molecule has 0 amide bonds. The molecule has 0 bridgehead atoms. The van der Waals surface area contributed by atoms with Crippen molar-refractivity contribution in [3.63, 3.8) is 0 Å². The molecule has 2 N–H and O–H groups in total. The first-order valence-corrected chi connectivity index (χ1v) is 5.08. The molecule has 0 heterocycles. The van der Waals surface area contributed by atoms with E-state index in [1.807, 2.05) is 31.3 Å². The Hall–Kier alpha value is -0.380. The second-order valence-electron chi connectivity index (χ2n) is 2.96. The van der Waals surface area contributed by atoms with Crippen molar-refractivity contribution in [3.8, 4) is 0 Å². The summed E-state index contributed by atoms with van der Waals surface area (Å²) in [7, 11) is 1.89. The van der Waals surface area contributed by atoms with Gasteiger partial charge in [-0.05, 0) is 18.7 Å². The molecule has 0 aliphatic heterocycles. The summed E-state index contributed by atoms with van der Waals surface area (Å²) in [5.74, 6) is 0.167. The van der Waals surface area contributed by atoms with E-state index in [1.165, 1.54) is 0 Å². The van der Waals surface area contributed by atoms with Crippen molar-refractivity contribution >= 4 is 15.9 Å². The summed E-state index contributed by atoms with van der Waals surface area (Å²) >= 11 is 3.47. The first kappa shape index (κ1) is 10.7. The van der Waals surface area contributed by atoms with Gasteiger partial charge in [-0.2, -0.15) is 0 Å². The van der Waals surface area contributed by atoms with Gasteiger partial charge in [0, 0.05) is 16.9 Å². The zero-order valence-electron chi connectivity index (χ0n) is 7.63. The monoisotopic (exact) mass is 243 g/mol. The van der Waals surface area contributed by atoms with Gasteiger partial charge in [-0.25, -0.2) is 0 Å². The predicted octanol–water partition coefficient (Wildman–Crippen LogP) is 1.74. The molecule has 0 saturated carbocycles. The quantitative estimate of drug-likeness (QED) is 0.845. The van der Waals surface area contributed by atoms with Gasteiger partial charge in [0.1, 0.15) is 0 Å². The average Bonchev–Trinajstić information content (AvgIpc) is 2.16. The summed E-state index contributed by atoms with van der Waals surface area (Å²) in [6.45, 7) is 0.961. The molecule has 3 heteroatoms. The minimum absolute atomic E-state index is 0.167. The number of hydrogen-bond acceptors (Lipinski definition) is 2. The van der Waals surface area contributed by atoms with Crippen LogP contribution in [0.15, 0.2) is 28.7 Å². The van der Waals surface area contributed by atoms with Crippen molar-refractivity contribution in [2.75, 3.05) is 20.2 Å². The number of aliphatic hydroxyl groups excluding tert-OH is 1. The molecular formula is C10H14BrNO. The molecular weight excluding hydrogens is 230 g/mol. The molecule has 1 rings (SSSR count). The molecule has 1 aromatic rings. The Balaban J connectivity index is 2.84. The lowest BCUT2D eigenvalue weighted by atomic mass is 10.0. The number of rotatable bonds is 4. The van der Waals surface area contributed by atoms with Crippen LogP contribution in [0.25, 0.3) is 0 Å². The largest absolute Gasteiger partial charge is 0.396 e. The van der Waals surface area contributed by atoms with E-state index < -0.39 is 0 Å². The van der Waals surface area contributed by atoms with E-state index in [9.17, 15) is 5.11 Å². The van der Waals surface area contributed by atoms with Gasteiger partial charge in [-0.1, -0.05) is 34.1 Å². The van der Waals surface area contributed by atoms with E-state index in [-0.39, 0.29) is 12.5 Å². The summed E-state index contributed by atoms with van der Waals surface area (Å²) in [5.41, 5.74) is 1.15. The average molecular weight is 244 g/mol. The van der Waals surface area contributed by atoms with Crippen LogP contribution >= 0.6 is 15.9 Å². The summed E-state index contributed by atoms with van der Waals surface area (Å²) < 4.78 is 1.06. The maximum Gasteiger partial charge on any atom is 0.0512 e. The van der Waals surface area contributed by atoms with Crippen LogP contribution in [0.1, 0.15) is 11.5 Å². The third kappa shape index (κ3) is 2.79. The normalized spacial score (nSPS) is 12.8. The molecule has 0 aliphatic rings. The molecule has 72 valence electrons. The molecule has 0 spiro atoms. The maximum absolute atomic E-state index is 9.17. The molecule has 0 aliphatic carbocycles. The summed E-state index contributed by atoms with van der Waals surface area (Å²) in [6.07, 6.45) is 0. The fraction of sp³-hybridized carbons (Fsp3) is 0.400. The highest BCUT2D eigenvalue weighted by molar-refractivity contribution is 9.10. The van der Waals surface area contributed by atoms with Crippen LogP contribution in [0.3, 0.4) is 0 Å². The smallest absolute Gasteiger partial charge is 0.0512 e. The van der Waals surface area contributed by atoms with Crippen molar-refractivity contribution in [1.29, 1.82) is 0 Å². The summed E-state index contributed by atoms with van der Waals surface area (Å²) in [5, 5.41) is 12.2. The minimum atomic E-state index is 0.167. The zero-order chi connectivity index (χ0) is 9.68. The van der Waals surface area contributed by atoms with Crippen molar-refractivity contribution < 1.29 is 5.11 Å². The van der Waals surface area contributed by atoms with Crippen LogP contribution in [-0.4, -0.2) is 25.3 Å². The number of nitrogens with one attached hydrogen (secondary N) is 1. The van der Waals surface area contributed by atoms with Crippen molar-refractivity contribution in [2.24, 2.45) is 0 Å². The number of aliphatic hydroxyl groups is 1. The van der Waals surface area contributed by atoms with Gasteiger partial charge in [0.05, 0.1) is 6.61 Å². The van der Waals surface area contributed by atoms with Crippen LogP contribution in [0.2, 0.25) is 0 Å². The Morgan fingerprint density at radius 2 is 2.15 bits per heavy atom. The van der Waals surface area contributed by atoms with Crippen LogP contribution < -0.4 is 5.32 Å². The molecule has 2 nitrogen and oxygen atoms in total. The number of halogens is 1. The predicted molar refractivity (Wildman–Crippen MR) is 57.9 cm³/mol. The molecule has 13 heavy (non-hydrogen) atoms. The number of benzene rings is 1. The fourth-order valence-corrected chi connectivity index (χ4v) is 1.93. The number of hydrogen-bond donors (Lipinski definition) is 2. The van der Waals surface area contributed by atoms with Gasteiger partial charge in [-0.15, -0.1) is 0 Å². The maximum atomic E-state index is 9.17. The van der Waals surface area contributed by atoms with Gasteiger partial charge >= 0.3 is 0 Å². The fourth-order valence-electron chi connectivity index (χ4n) is 1.33. The molecule has 1 unspecified atom stereocenters. The second-order valence-corrected chi connectivity index (χ2v) is 3.81. The lowest BCUT2D eigenvalue weighted by molar-refractivity contribution is 0.263. The standard InChI is InChI=1S/C10H14BrNO/c1-12-6-8(7-13)9-4-2-3-5-10(9)11/h2-5,8,12-13H,6-7H2,1H3. The van der Waals surface area contributed by atoms with Crippen molar-refractivity contribution in [3.05, 3.63) is 34.3 Å². The van der Waals surface area contributed by atoms with E-state index in [0.717, 1.165) is 16.6 Å². The highest BCUT2D eigenvalue weighted by Crippen LogP contribution is 2.23. The highest BCUT2D eigenvalue weighted by Gasteiger charge is 2.11. The molecule has 0 aromatic heterocycles. The topological polar surface area (TPSA) is 32.3 Å². The third-order valence-corrected chi connectivity index (χ3v) is 2.74. The van der Waals surface area contributed by atoms with E-state index in [4.69, 9.17) is 0 Å². The van der Waals surface area contributed by atoms with Gasteiger partial charge in [-0.3, -0.25) is 0 Å². The first-order valence-electron chi connectivity index (χ1n) is 4.29. The van der Waals surface area contributed by atoms with Crippen LogP contribution in [0.4, 0.5) is 0 Å². The lowest BCUT2D eigenvalue weighted by Crippen LogP contribution is -2.20. The van der Waals surface area contributed by atoms with Crippen LogP contribution in [0, 0.1) is 0 Å².